The maximum atomic E-state index is 13.1. The summed E-state index contributed by atoms with van der Waals surface area (Å²) in [5.41, 5.74) is 0.437. The van der Waals surface area contributed by atoms with Gasteiger partial charge in [-0.3, -0.25) is 4.79 Å². The van der Waals surface area contributed by atoms with Gasteiger partial charge in [0.1, 0.15) is 5.54 Å². The summed E-state index contributed by atoms with van der Waals surface area (Å²) in [5.74, 6) is 2.89. The predicted molar refractivity (Wildman–Crippen MR) is 115 cm³/mol. The molecule has 2 bridgehead atoms. The maximum Gasteiger partial charge on any atom is 0.240 e. The second-order valence-electron chi connectivity index (χ2n) is 9.37. The molecule has 0 spiro atoms. The Balaban J connectivity index is 1.63. The van der Waals surface area contributed by atoms with Gasteiger partial charge in [0.2, 0.25) is 5.91 Å². The van der Waals surface area contributed by atoms with Gasteiger partial charge in [-0.2, -0.15) is 0 Å². The highest BCUT2D eigenvalue weighted by molar-refractivity contribution is 7.97. The van der Waals surface area contributed by atoms with E-state index in [1.807, 2.05) is 39.0 Å². The van der Waals surface area contributed by atoms with Crippen molar-refractivity contribution in [2.24, 2.45) is 23.7 Å². The molecule has 2 N–H and O–H groups in total. The summed E-state index contributed by atoms with van der Waals surface area (Å²) in [4.78, 5) is 14.1. The van der Waals surface area contributed by atoms with Crippen molar-refractivity contribution >= 4 is 29.5 Å². The van der Waals surface area contributed by atoms with Crippen molar-refractivity contribution in [1.82, 2.24) is 10.0 Å². The first-order chi connectivity index (χ1) is 12.7. The zero-order valence-corrected chi connectivity index (χ0v) is 18.7. The Morgan fingerprint density at radius 3 is 2.63 bits per heavy atom. The fourth-order valence-corrected chi connectivity index (χ4v) is 6.17. The topological polar surface area (TPSA) is 41.1 Å². The average molecular weight is 409 g/mol. The van der Waals surface area contributed by atoms with Crippen LogP contribution in [0.25, 0.3) is 0 Å². The molecule has 2 fully saturated rings. The van der Waals surface area contributed by atoms with Crippen molar-refractivity contribution in [2.45, 2.75) is 76.8 Å². The fourth-order valence-electron chi connectivity index (χ4n) is 4.99. The van der Waals surface area contributed by atoms with E-state index in [-0.39, 0.29) is 5.91 Å². The minimum atomic E-state index is -0.673. The first-order valence-corrected chi connectivity index (χ1v) is 11.4. The normalized spacial score (nSPS) is 30.8. The van der Waals surface area contributed by atoms with E-state index in [0.29, 0.717) is 22.9 Å². The average Bonchev–Trinajstić information content (AvgIpc) is 2.57. The van der Waals surface area contributed by atoms with Gasteiger partial charge >= 0.3 is 0 Å². The number of carbonyl (C=O) groups excluding carboxylic acids is 1. The summed E-state index contributed by atoms with van der Waals surface area (Å²) in [6, 6.07) is 6.16. The predicted octanol–water partition coefficient (Wildman–Crippen LogP) is 5.60. The summed E-state index contributed by atoms with van der Waals surface area (Å²) in [6.07, 6.45) is 5.13. The Labute approximate surface area is 173 Å². The molecule has 1 aromatic carbocycles. The highest BCUT2D eigenvalue weighted by Crippen LogP contribution is 2.45. The number of rotatable bonds is 5. The van der Waals surface area contributed by atoms with Crippen LogP contribution in [-0.2, 0) is 4.79 Å². The van der Waals surface area contributed by atoms with E-state index in [4.69, 9.17) is 11.6 Å². The summed E-state index contributed by atoms with van der Waals surface area (Å²) < 4.78 is 3.35. The van der Waals surface area contributed by atoms with Crippen LogP contribution < -0.4 is 10.0 Å². The highest BCUT2D eigenvalue weighted by Gasteiger charge is 2.42. The molecule has 2 saturated carbocycles. The van der Waals surface area contributed by atoms with Gasteiger partial charge in [-0.15, -0.1) is 0 Å². The molecule has 3 rings (SSSR count). The van der Waals surface area contributed by atoms with Crippen molar-refractivity contribution in [3.05, 3.63) is 28.8 Å². The first kappa shape index (κ1) is 21.0. The summed E-state index contributed by atoms with van der Waals surface area (Å²) >= 11 is 7.77. The number of fused-ring (bicyclic) bond motifs is 2. The molecule has 1 amide bonds. The second-order valence-corrected chi connectivity index (χ2v) is 10.6. The van der Waals surface area contributed by atoms with Gasteiger partial charge in [0.15, 0.2) is 0 Å². The molecule has 150 valence electrons. The van der Waals surface area contributed by atoms with Crippen LogP contribution in [0.3, 0.4) is 0 Å². The quantitative estimate of drug-likeness (QED) is 0.623. The Morgan fingerprint density at radius 1 is 1.19 bits per heavy atom. The van der Waals surface area contributed by atoms with E-state index >= 15 is 0 Å². The molecule has 3 nitrogen and oxygen atoms in total. The third-order valence-electron chi connectivity index (χ3n) is 6.34. The fraction of sp³-hybridized carbons (Fsp3) is 0.682. The van der Waals surface area contributed by atoms with Crippen LogP contribution in [-0.4, -0.2) is 17.5 Å². The molecule has 2 aliphatic carbocycles. The van der Waals surface area contributed by atoms with Crippen molar-refractivity contribution in [3.63, 3.8) is 0 Å². The minimum absolute atomic E-state index is 0.0771. The summed E-state index contributed by atoms with van der Waals surface area (Å²) in [7, 11) is 0. The molecular weight excluding hydrogens is 376 g/mol. The van der Waals surface area contributed by atoms with Crippen molar-refractivity contribution < 1.29 is 4.79 Å². The molecule has 2 aliphatic rings. The van der Waals surface area contributed by atoms with E-state index < -0.39 is 5.54 Å². The lowest BCUT2D eigenvalue weighted by Gasteiger charge is -2.47. The SMILES string of the molecule is Cc1cccc(Cl)c1SNC(C)(C)C(=O)NC1C(C)CC2CC(C)CC1C2. The third kappa shape index (κ3) is 4.83. The van der Waals surface area contributed by atoms with Crippen LogP contribution in [0.2, 0.25) is 5.02 Å². The molecule has 0 radical (unpaired) electrons. The second kappa shape index (κ2) is 8.34. The van der Waals surface area contributed by atoms with Crippen molar-refractivity contribution in [3.8, 4) is 0 Å². The molecule has 5 unspecified atom stereocenters. The minimum Gasteiger partial charge on any atom is -0.351 e. The molecule has 5 atom stereocenters. The molecular formula is C22H33ClN2OS. The molecule has 1 aromatic rings. The monoisotopic (exact) mass is 408 g/mol. The van der Waals surface area contributed by atoms with Gasteiger partial charge in [-0.1, -0.05) is 37.6 Å². The molecule has 0 saturated heterocycles. The van der Waals surface area contributed by atoms with Gasteiger partial charge in [0, 0.05) is 10.9 Å². The number of carbonyl (C=O) groups is 1. The van der Waals surface area contributed by atoms with Crippen LogP contribution in [0.15, 0.2) is 23.1 Å². The Morgan fingerprint density at radius 2 is 1.93 bits per heavy atom. The lowest BCUT2D eigenvalue weighted by atomic mass is 9.63. The number of nitrogens with one attached hydrogen (secondary N) is 2. The van der Waals surface area contributed by atoms with Crippen LogP contribution in [0.4, 0.5) is 0 Å². The van der Waals surface area contributed by atoms with E-state index in [0.717, 1.165) is 22.3 Å². The third-order valence-corrected chi connectivity index (χ3v) is 8.13. The number of aryl methyl sites for hydroxylation is 1. The molecule has 0 aliphatic heterocycles. The van der Waals surface area contributed by atoms with E-state index in [1.165, 1.54) is 37.6 Å². The van der Waals surface area contributed by atoms with Gasteiger partial charge in [0.25, 0.3) is 0 Å². The largest absolute Gasteiger partial charge is 0.351 e. The molecule has 5 heteroatoms. The van der Waals surface area contributed by atoms with Gasteiger partial charge in [0.05, 0.1) is 5.02 Å². The zero-order valence-electron chi connectivity index (χ0n) is 17.1. The van der Waals surface area contributed by atoms with Crippen LogP contribution in [0.1, 0.15) is 58.9 Å². The Kier molecular flexibility index (Phi) is 6.49. The lowest BCUT2D eigenvalue weighted by molar-refractivity contribution is -0.128. The van der Waals surface area contributed by atoms with E-state index in [9.17, 15) is 4.79 Å². The van der Waals surface area contributed by atoms with Gasteiger partial charge in [-0.05, 0) is 93.7 Å². The standard InChI is InChI=1S/C22H33ClN2OS/c1-13-9-16-11-15(3)19(17(10-13)12-16)24-21(26)22(4,5)25-27-20-14(2)7-6-8-18(20)23/h6-8,13,15-17,19,25H,9-12H2,1-5H3,(H,24,26). The number of amides is 1. The zero-order chi connectivity index (χ0) is 19.8. The number of hydrogen-bond acceptors (Lipinski definition) is 3. The van der Waals surface area contributed by atoms with Crippen LogP contribution >= 0.6 is 23.5 Å². The van der Waals surface area contributed by atoms with E-state index in [2.05, 4.69) is 23.9 Å². The van der Waals surface area contributed by atoms with Gasteiger partial charge < -0.3 is 5.32 Å². The van der Waals surface area contributed by atoms with Crippen LogP contribution in [0, 0.1) is 30.6 Å². The highest BCUT2D eigenvalue weighted by atomic mass is 35.5. The smallest absolute Gasteiger partial charge is 0.240 e. The van der Waals surface area contributed by atoms with Crippen LogP contribution in [0.5, 0.6) is 0 Å². The Hall–Kier alpha value is -0.710. The Bertz CT molecular complexity index is 669. The molecule has 27 heavy (non-hydrogen) atoms. The first-order valence-electron chi connectivity index (χ1n) is 10.2. The molecule has 0 aromatic heterocycles. The summed E-state index contributed by atoms with van der Waals surface area (Å²) in [5, 5.41) is 4.12. The maximum absolute atomic E-state index is 13.1. The van der Waals surface area contributed by atoms with E-state index in [1.54, 1.807) is 0 Å². The molecule has 0 heterocycles. The number of halogens is 1. The number of hydrogen-bond donors (Lipinski definition) is 2. The van der Waals surface area contributed by atoms with Crippen molar-refractivity contribution in [1.29, 1.82) is 0 Å². The number of benzene rings is 1. The summed E-state index contributed by atoms with van der Waals surface area (Å²) in [6.45, 7) is 10.6. The lowest BCUT2D eigenvalue weighted by Crippen LogP contribution is -2.58. The van der Waals surface area contributed by atoms with Crippen molar-refractivity contribution in [2.75, 3.05) is 0 Å². The van der Waals surface area contributed by atoms with Gasteiger partial charge in [-0.25, -0.2) is 4.72 Å².